The zero-order chi connectivity index (χ0) is 21.5. The lowest BCUT2D eigenvalue weighted by Crippen LogP contribution is -2.48. The first-order valence-corrected chi connectivity index (χ1v) is 10.6. The summed E-state index contributed by atoms with van der Waals surface area (Å²) in [6.45, 7) is 2.59. The molecule has 1 aromatic carbocycles. The molecule has 1 aliphatic heterocycles. The molecule has 31 heavy (non-hydrogen) atoms. The number of nitrogens with zero attached hydrogens (tertiary/aromatic N) is 4. The molecule has 1 N–H and O–H groups in total. The molecule has 3 aromatic rings. The lowest BCUT2D eigenvalue weighted by atomic mass is 10.0. The van der Waals surface area contributed by atoms with Crippen LogP contribution in [0.4, 0.5) is 10.2 Å². The van der Waals surface area contributed by atoms with Crippen LogP contribution in [0, 0.1) is 18.7 Å². The maximum absolute atomic E-state index is 14.1. The second-order valence-corrected chi connectivity index (χ2v) is 8.63. The maximum atomic E-state index is 14.1. The van der Waals surface area contributed by atoms with Gasteiger partial charge in [-0.15, -0.1) is 0 Å². The van der Waals surface area contributed by atoms with Gasteiger partial charge in [-0.2, -0.15) is 0 Å². The molecule has 1 saturated heterocycles. The molecule has 1 amide bonds. The van der Waals surface area contributed by atoms with E-state index in [1.54, 1.807) is 30.7 Å². The monoisotopic (exact) mass is 437 g/mol. The largest absolute Gasteiger partial charge is 0.364 e. The number of aromatic nitrogens is 3. The molecule has 1 aliphatic carbocycles. The van der Waals surface area contributed by atoms with E-state index in [0.29, 0.717) is 34.7 Å². The molecule has 3 heterocycles. The Morgan fingerprint density at radius 1 is 1.19 bits per heavy atom. The van der Waals surface area contributed by atoms with Gasteiger partial charge in [-0.25, -0.2) is 19.3 Å². The normalized spacial score (nSPS) is 22.0. The smallest absolute Gasteiger partial charge is 0.255 e. The van der Waals surface area contributed by atoms with Gasteiger partial charge in [-0.3, -0.25) is 4.79 Å². The van der Waals surface area contributed by atoms with Crippen LogP contribution in [0.3, 0.4) is 0 Å². The first kappa shape index (κ1) is 19.9. The van der Waals surface area contributed by atoms with Crippen LogP contribution in [0.1, 0.15) is 28.8 Å². The van der Waals surface area contributed by atoms with Gasteiger partial charge < -0.3 is 10.2 Å². The van der Waals surface area contributed by atoms with Crippen LogP contribution >= 0.6 is 11.6 Å². The van der Waals surface area contributed by atoms with Crippen LogP contribution in [0.5, 0.6) is 0 Å². The number of anilines is 1. The number of hydrogen-bond donors (Lipinski definition) is 1. The minimum atomic E-state index is -0.460. The number of piperidine rings is 1. The van der Waals surface area contributed by atoms with Crippen molar-refractivity contribution in [1.82, 2.24) is 19.9 Å². The van der Waals surface area contributed by atoms with Crippen LogP contribution in [0.2, 0.25) is 5.02 Å². The summed E-state index contributed by atoms with van der Waals surface area (Å²) in [7, 11) is 0. The van der Waals surface area contributed by atoms with E-state index in [0.717, 1.165) is 18.4 Å². The van der Waals surface area contributed by atoms with Crippen molar-refractivity contribution >= 4 is 23.3 Å². The number of halogens is 2. The van der Waals surface area contributed by atoms with Crippen LogP contribution < -0.4 is 5.32 Å². The van der Waals surface area contributed by atoms with E-state index in [1.165, 1.54) is 12.1 Å². The Hall–Kier alpha value is -3.06. The summed E-state index contributed by atoms with van der Waals surface area (Å²) < 4.78 is 14.1. The Morgan fingerprint density at radius 3 is 2.74 bits per heavy atom. The van der Waals surface area contributed by atoms with Gasteiger partial charge in [0.05, 0.1) is 16.6 Å². The average molecular weight is 438 g/mol. The lowest BCUT2D eigenvalue weighted by molar-refractivity contribution is 0.0692. The molecule has 0 radical (unpaired) electrons. The molecule has 2 fully saturated rings. The number of hydrogen-bond acceptors (Lipinski definition) is 5. The Bertz CT molecular complexity index is 1140. The SMILES string of the molecule is Cc1cnc(NC2CC3CC2N(C(=O)c2cc(F)ccc2-c2ncccn2)C3)c(Cl)c1. The van der Waals surface area contributed by atoms with Crippen molar-refractivity contribution < 1.29 is 9.18 Å². The Labute approximate surface area is 184 Å². The summed E-state index contributed by atoms with van der Waals surface area (Å²) in [5, 5.41) is 3.99. The first-order valence-electron chi connectivity index (χ1n) is 10.3. The minimum absolute atomic E-state index is 0.00974. The third kappa shape index (κ3) is 3.74. The molecule has 1 saturated carbocycles. The number of aryl methyl sites for hydroxylation is 1. The van der Waals surface area contributed by atoms with Crippen molar-refractivity contribution in [2.24, 2.45) is 5.92 Å². The summed E-state index contributed by atoms with van der Waals surface area (Å²) in [6.07, 6.45) is 6.83. The topological polar surface area (TPSA) is 71.0 Å². The Morgan fingerprint density at radius 2 is 2.00 bits per heavy atom. The van der Waals surface area contributed by atoms with Gasteiger partial charge in [0, 0.05) is 36.7 Å². The standard InChI is InChI=1S/C23H21ClFN5O/c1-13-7-18(24)22(28-11-13)29-19-8-14-9-20(19)30(12-14)23(31)17-10-15(25)3-4-16(17)21-26-5-2-6-27-21/h2-7,10-11,14,19-20H,8-9,12H2,1H3,(H,28,29). The number of pyridine rings is 1. The Balaban J connectivity index is 1.43. The number of nitrogens with one attached hydrogen (secondary N) is 1. The summed E-state index contributed by atoms with van der Waals surface area (Å²) in [5.41, 5.74) is 1.80. The zero-order valence-electron chi connectivity index (χ0n) is 16.9. The van der Waals surface area contributed by atoms with Crippen LogP contribution in [-0.4, -0.2) is 44.4 Å². The number of amides is 1. The van der Waals surface area contributed by atoms with Gasteiger partial charge in [0.2, 0.25) is 0 Å². The summed E-state index contributed by atoms with van der Waals surface area (Å²) in [4.78, 5) is 28.3. The van der Waals surface area contributed by atoms with Gasteiger partial charge in [0.25, 0.3) is 5.91 Å². The van der Waals surface area contributed by atoms with Gasteiger partial charge in [-0.05, 0) is 61.6 Å². The highest BCUT2D eigenvalue weighted by molar-refractivity contribution is 6.33. The van der Waals surface area contributed by atoms with Gasteiger partial charge in [-0.1, -0.05) is 11.6 Å². The highest BCUT2D eigenvalue weighted by atomic mass is 35.5. The number of carbonyl (C=O) groups is 1. The van der Waals surface area contributed by atoms with E-state index < -0.39 is 5.82 Å². The zero-order valence-corrected chi connectivity index (χ0v) is 17.7. The molecule has 2 bridgehead atoms. The molecule has 3 atom stereocenters. The fourth-order valence-electron chi connectivity index (χ4n) is 4.71. The fraction of sp³-hybridized carbons (Fsp3) is 0.304. The number of carbonyl (C=O) groups excluding carboxylic acids is 1. The van der Waals surface area contributed by atoms with Gasteiger partial charge >= 0.3 is 0 Å². The molecular formula is C23H21ClFN5O. The highest BCUT2D eigenvalue weighted by Gasteiger charge is 2.47. The van der Waals surface area contributed by atoms with Crippen LogP contribution in [0.25, 0.3) is 11.4 Å². The van der Waals surface area contributed by atoms with Crippen molar-refractivity contribution in [2.75, 3.05) is 11.9 Å². The van der Waals surface area contributed by atoms with Crippen molar-refractivity contribution in [3.8, 4) is 11.4 Å². The van der Waals surface area contributed by atoms with E-state index in [9.17, 15) is 9.18 Å². The third-order valence-electron chi connectivity index (χ3n) is 6.06. The predicted octanol–water partition coefficient (Wildman–Crippen LogP) is 4.35. The maximum Gasteiger partial charge on any atom is 0.255 e. The van der Waals surface area contributed by atoms with Crippen LogP contribution in [-0.2, 0) is 0 Å². The van der Waals surface area contributed by atoms with E-state index in [1.807, 2.05) is 17.9 Å². The number of fused-ring (bicyclic) bond motifs is 2. The molecule has 6 nitrogen and oxygen atoms in total. The second-order valence-electron chi connectivity index (χ2n) is 8.22. The molecule has 158 valence electrons. The van der Waals surface area contributed by atoms with E-state index in [4.69, 9.17) is 11.6 Å². The third-order valence-corrected chi connectivity index (χ3v) is 6.35. The van der Waals surface area contributed by atoms with E-state index in [-0.39, 0.29) is 23.6 Å². The quantitative estimate of drug-likeness (QED) is 0.656. The minimum Gasteiger partial charge on any atom is -0.364 e. The second kappa shape index (κ2) is 7.89. The fourth-order valence-corrected chi connectivity index (χ4v) is 4.99. The molecule has 3 unspecified atom stereocenters. The molecule has 0 spiro atoms. The Kier molecular flexibility index (Phi) is 5.06. The highest BCUT2D eigenvalue weighted by Crippen LogP contribution is 2.41. The van der Waals surface area contributed by atoms with E-state index >= 15 is 0 Å². The van der Waals surface area contributed by atoms with Gasteiger partial charge in [0.15, 0.2) is 5.82 Å². The van der Waals surface area contributed by atoms with Crippen LogP contribution in [0.15, 0.2) is 48.9 Å². The first-order chi connectivity index (χ1) is 15.0. The molecule has 2 aliphatic rings. The van der Waals surface area contributed by atoms with Crippen molar-refractivity contribution in [3.63, 3.8) is 0 Å². The van der Waals surface area contributed by atoms with E-state index in [2.05, 4.69) is 20.3 Å². The predicted molar refractivity (Wildman–Crippen MR) is 116 cm³/mol. The average Bonchev–Trinajstić information content (AvgIpc) is 3.36. The molecular weight excluding hydrogens is 417 g/mol. The lowest BCUT2D eigenvalue weighted by Gasteiger charge is -2.34. The summed E-state index contributed by atoms with van der Waals surface area (Å²) in [5.74, 6) is 0.754. The molecule has 5 rings (SSSR count). The molecule has 2 aromatic heterocycles. The van der Waals surface area contributed by atoms with Crippen molar-refractivity contribution in [2.45, 2.75) is 31.8 Å². The molecule has 8 heteroatoms. The van der Waals surface area contributed by atoms with Crippen molar-refractivity contribution in [3.05, 3.63) is 70.9 Å². The number of rotatable bonds is 4. The van der Waals surface area contributed by atoms with Crippen molar-refractivity contribution in [1.29, 1.82) is 0 Å². The number of benzene rings is 1. The number of likely N-dealkylation sites (tertiary alicyclic amines) is 1. The summed E-state index contributed by atoms with van der Waals surface area (Å²) in [6, 6.07) is 7.78. The van der Waals surface area contributed by atoms with Gasteiger partial charge in [0.1, 0.15) is 11.6 Å². The summed E-state index contributed by atoms with van der Waals surface area (Å²) >= 11 is 6.35.